The largest absolute Gasteiger partial charge is 0.396 e. The third kappa shape index (κ3) is 4.16. The Kier molecular flexibility index (Phi) is 5.33. The molecule has 0 fully saturated rings. The fourth-order valence-electron chi connectivity index (χ4n) is 2.98. The van der Waals surface area contributed by atoms with E-state index >= 15 is 0 Å². The van der Waals surface area contributed by atoms with Crippen molar-refractivity contribution in [1.82, 2.24) is 19.7 Å². The molecule has 4 aromatic rings. The first-order valence-electron chi connectivity index (χ1n) is 9.27. The highest BCUT2D eigenvalue weighted by atomic mass is 16.6. The lowest BCUT2D eigenvalue weighted by atomic mass is 10.2. The van der Waals surface area contributed by atoms with Gasteiger partial charge in [-0.05, 0) is 30.7 Å². The molecule has 8 heteroatoms. The number of benzene rings is 2. The van der Waals surface area contributed by atoms with E-state index < -0.39 is 0 Å². The molecule has 0 aliphatic heterocycles. The van der Waals surface area contributed by atoms with Gasteiger partial charge in [-0.3, -0.25) is 4.68 Å². The SMILES string of the molecule is CCO/N=C/c1c(N)ncnc1Nc1ccc2c(cnn2Cc2ccccc2)c1. The lowest BCUT2D eigenvalue weighted by molar-refractivity contribution is 0.160. The molecule has 3 N–H and O–H groups in total. The first-order chi connectivity index (χ1) is 14.2. The molecule has 0 spiro atoms. The summed E-state index contributed by atoms with van der Waals surface area (Å²) in [6, 6.07) is 16.3. The number of fused-ring (bicyclic) bond motifs is 1. The number of nitrogens with one attached hydrogen (secondary N) is 1. The molecule has 29 heavy (non-hydrogen) atoms. The maximum atomic E-state index is 5.97. The number of nitrogens with two attached hydrogens (primary N) is 1. The molecule has 2 heterocycles. The van der Waals surface area contributed by atoms with Crippen LogP contribution in [0, 0.1) is 0 Å². The van der Waals surface area contributed by atoms with Gasteiger partial charge in [-0.15, -0.1) is 0 Å². The molecule has 2 aromatic carbocycles. The smallest absolute Gasteiger partial charge is 0.144 e. The second-order valence-electron chi connectivity index (χ2n) is 6.36. The Hall–Kier alpha value is -3.94. The quantitative estimate of drug-likeness (QED) is 0.371. The minimum absolute atomic E-state index is 0.322. The topological polar surface area (TPSA) is 103 Å². The van der Waals surface area contributed by atoms with Gasteiger partial charge < -0.3 is 15.9 Å². The van der Waals surface area contributed by atoms with Gasteiger partial charge in [0.1, 0.15) is 24.6 Å². The van der Waals surface area contributed by atoms with E-state index in [4.69, 9.17) is 10.6 Å². The van der Waals surface area contributed by atoms with Crippen LogP contribution < -0.4 is 11.1 Å². The number of nitrogen functional groups attached to an aromatic ring is 1. The van der Waals surface area contributed by atoms with E-state index in [0.717, 1.165) is 23.1 Å². The van der Waals surface area contributed by atoms with Crippen molar-refractivity contribution in [3.05, 3.63) is 72.2 Å². The van der Waals surface area contributed by atoms with E-state index in [1.165, 1.54) is 18.1 Å². The first kappa shape index (κ1) is 18.4. The van der Waals surface area contributed by atoms with Crippen LogP contribution in [-0.2, 0) is 11.4 Å². The van der Waals surface area contributed by atoms with Gasteiger partial charge in [0, 0.05) is 11.1 Å². The first-order valence-corrected chi connectivity index (χ1v) is 9.27. The number of hydrogen-bond donors (Lipinski definition) is 2. The van der Waals surface area contributed by atoms with Gasteiger partial charge in [0.25, 0.3) is 0 Å². The highest BCUT2D eigenvalue weighted by Gasteiger charge is 2.10. The van der Waals surface area contributed by atoms with E-state index in [1.807, 2.05) is 54.2 Å². The summed E-state index contributed by atoms with van der Waals surface area (Å²) in [6.45, 7) is 3.04. The van der Waals surface area contributed by atoms with Crippen LogP contribution in [0.3, 0.4) is 0 Å². The highest BCUT2D eigenvalue weighted by Crippen LogP contribution is 2.24. The van der Waals surface area contributed by atoms with Crippen molar-refractivity contribution in [2.24, 2.45) is 5.16 Å². The third-order valence-corrected chi connectivity index (χ3v) is 4.38. The highest BCUT2D eigenvalue weighted by molar-refractivity contribution is 5.93. The summed E-state index contributed by atoms with van der Waals surface area (Å²) in [6.07, 6.45) is 4.78. The molecular weight excluding hydrogens is 366 g/mol. The van der Waals surface area contributed by atoms with Crippen LogP contribution in [0.5, 0.6) is 0 Å². The Labute approximate surface area is 168 Å². The maximum Gasteiger partial charge on any atom is 0.144 e. The summed E-state index contributed by atoms with van der Waals surface area (Å²) in [7, 11) is 0. The molecular formula is C21H21N7O. The second-order valence-corrected chi connectivity index (χ2v) is 6.36. The zero-order valence-corrected chi connectivity index (χ0v) is 16.0. The van der Waals surface area contributed by atoms with Crippen molar-refractivity contribution in [3.63, 3.8) is 0 Å². The van der Waals surface area contributed by atoms with Crippen LogP contribution >= 0.6 is 0 Å². The molecule has 0 bridgehead atoms. The lowest BCUT2D eigenvalue weighted by Crippen LogP contribution is -2.05. The van der Waals surface area contributed by atoms with Crippen LogP contribution in [0.2, 0.25) is 0 Å². The molecule has 0 saturated carbocycles. The lowest BCUT2D eigenvalue weighted by Gasteiger charge is -2.10. The van der Waals surface area contributed by atoms with Gasteiger partial charge >= 0.3 is 0 Å². The molecule has 0 aliphatic rings. The Bertz CT molecular complexity index is 1140. The molecule has 0 radical (unpaired) electrons. The zero-order valence-electron chi connectivity index (χ0n) is 16.0. The second kappa shape index (κ2) is 8.39. The van der Waals surface area contributed by atoms with Crippen molar-refractivity contribution >= 4 is 34.4 Å². The van der Waals surface area contributed by atoms with Gasteiger partial charge in [0.15, 0.2) is 0 Å². The van der Waals surface area contributed by atoms with Crippen molar-refractivity contribution in [1.29, 1.82) is 0 Å². The number of hydrogen-bond acceptors (Lipinski definition) is 7. The third-order valence-electron chi connectivity index (χ3n) is 4.38. The van der Waals surface area contributed by atoms with Crippen molar-refractivity contribution < 1.29 is 4.84 Å². The van der Waals surface area contributed by atoms with Gasteiger partial charge in [-0.25, -0.2) is 9.97 Å². The van der Waals surface area contributed by atoms with E-state index in [0.29, 0.717) is 23.8 Å². The molecule has 146 valence electrons. The van der Waals surface area contributed by atoms with Crippen LogP contribution in [0.25, 0.3) is 10.9 Å². The zero-order chi connectivity index (χ0) is 20.1. The van der Waals surface area contributed by atoms with Crippen molar-refractivity contribution in [2.75, 3.05) is 17.7 Å². The summed E-state index contributed by atoms with van der Waals surface area (Å²) < 4.78 is 1.98. The minimum atomic E-state index is 0.322. The van der Waals surface area contributed by atoms with E-state index in [1.54, 1.807) is 0 Å². The van der Waals surface area contributed by atoms with Gasteiger partial charge in [-0.2, -0.15) is 5.10 Å². The number of aromatic nitrogens is 4. The molecule has 8 nitrogen and oxygen atoms in total. The molecule has 0 unspecified atom stereocenters. The fourth-order valence-corrected chi connectivity index (χ4v) is 2.98. The van der Waals surface area contributed by atoms with Gasteiger partial charge in [0.05, 0.1) is 30.0 Å². The minimum Gasteiger partial charge on any atom is -0.396 e. The summed E-state index contributed by atoms with van der Waals surface area (Å²) in [5.74, 6) is 0.875. The number of rotatable bonds is 7. The number of nitrogens with zero attached hydrogens (tertiary/aromatic N) is 5. The van der Waals surface area contributed by atoms with E-state index in [9.17, 15) is 0 Å². The average molecular weight is 387 g/mol. The fraction of sp³-hybridized carbons (Fsp3) is 0.143. The molecule has 0 atom stereocenters. The van der Waals surface area contributed by atoms with E-state index in [-0.39, 0.29) is 0 Å². The van der Waals surface area contributed by atoms with Crippen LogP contribution in [0.1, 0.15) is 18.1 Å². The van der Waals surface area contributed by atoms with Crippen molar-refractivity contribution in [2.45, 2.75) is 13.5 Å². The number of oxime groups is 1. The average Bonchev–Trinajstić information content (AvgIpc) is 3.13. The number of anilines is 3. The predicted molar refractivity (Wildman–Crippen MR) is 114 cm³/mol. The summed E-state index contributed by atoms with van der Waals surface area (Å²) in [4.78, 5) is 13.3. The van der Waals surface area contributed by atoms with E-state index in [2.05, 4.69) is 37.7 Å². The maximum absolute atomic E-state index is 5.97. The van der Waals surface area contributed by atoms with Gasteiger partial charge in [0.2, 0.25) is 0 Å². The molecule has 4 rings (SSSR count). The summed E-state index contributed by atoms with van der Waals surface area (Å²) >= 11 is 0. The van der Waals surface area contributed by atoms with Gasteiger partial charge in [-0.1, -0.05) is 35.5 Å². The Morgan fingerprint density at radius 1 is 1.17 bits per heavy atom. The van der Waals surface area contributed by atoms with Crippen LogP contribution in [0.15, 0.2) is 66.2 Å². The summed E-state index contributed by atoms with van der Waals surface area (Å²) in [5, 5.41) is 12.7. The molecule has 0 amide bonds. The molecule has 2 aromatic heterocycles. The predicted octanol–water partition coefficient (Wildman–Crippen LogP) is 3.57. The molecule has 0 saturated heterocycles. The Balaban J connectivity index is 1.59. The standard InChI is InChI=1S/C21H21N7O/c1-2-29-26-12-18-20(22)23-14-24-21(18)27-17-8-9-19-16(10-17)11-25-28(19)13-15-6-4-3-5-7-15/h3-12,14H,2,13H2,1H3,(H3,22,23,24,27)/b26-12+. The Morgan fingerprint density at radius 2 is 2.03 bits per heavy atom. The Morgan fingerprint density at radius 3 is 2.86 bits per heavy atom. The monoisotopic (exact) mass is 387 g/mol. The van der Waals surface area contributed by atoms with Crippen molar-refractivity contribution in [3.8, 4) is 0 Å². The van der Waals surface area contributed by atoms with Crippen LogP contribution in [0.4, 0.5) is 17.3 Å². The normalized spacial score (nSPS) is 11.2. The molecule has 0 aliphatic carbocycles. The summed E-state index contributed by atoms with van der Waals surface area (Å²) in [5.41, 5.74) is 9.66. The van der Waals surface area contributed by atoms with Crippen LogP contribution in [-0.4, -0.2) is 32.6 Å².